The molecule has 1 aliphatic rings. The number of phenolic OH excluding ortho intramolecular Hbond substituents is 3. The minimum Gasteiger partial charge on any atom is -0.508 e. The molecule has 0 spiro atoms. The van der Waals surface area contributed by atoms with Crippen molar-refractivity contribution in [3.05, 3.63) is 38.9 Å². The minimum atomic E-state index is -0.675. The number of fused-ring (bicyclic) bond motifs is 1. The van der Waals surface area contributed by atoms with Crippen LogP contribution in [0.3, 0.4) is 0 Å². The van der Waals surface area contributed by atoms with E-state index in [0.29, 0.717) is 24.0 Å². The Morgan fingerprint density at radius 2 is 1.81 bits per heavy atom. The van der Waals surface area contributed by atoms with Crippen LogP contribution in [0.25, 0.3) is 0 Å². The average Bonchev–Trinajstić information content (AvgIpc) is 2.95. The number of phenols is 3. The van der Waals surface area contributed by atoms with Gasteiger partial charge in [-0.3, -0.25) is 0 Å². The molecule has 0 aliphatic carbocycles. The summed E-state index contributed by atoms with van der Waals surface area (Å²) in [4.78, 5) is 12.4. The minimum absolute atomic E-state index is 0.0181. The number of halogens is 2. The molecule has 0 radical (unpaired) electrons. The van der Waals surface area contributed by atoms with Gasteiger partial charge in [-0.2, -0.15) is 0 Å². The lowest BCUT2D eigenvalue weighted by Gasteiger charge is -2.17. The number of cyclic esters (lactones) is 1. The van der Waals surface area contributed by atoms with Gasteiger partial charge in [-0.25, -0.2) is 4.79 Å². The molecule has 6 nitrogen and oxygen atoms in total. The molecule has 2 aromatic rings. The fourth-order valence-corrected chi connectivity index (χ4v) is 3.73. The Labute approximate surface area is 165 Å². The third-order valence-corrected chi connectivity index (χ3v) is 5.08. The summed E-state index contributed by atoms with van der Waals surface area (Å²) in [6.07, 6.45) is 1.04. The third-order valence-electron chi connectivity index (χ3n) is 4.35. The molecule has 0 saturated heterocycles. The monoisotopic (exact) mass is 412 g/mol. The molecule has 0 bridgehead atoms. The molecule has 0 aromatic heterocycles. The predicted molar refractivity (Wildman–Crippen MR) is 100 cm³/mol. The van der Waals surface area contributed by atoms with E-state index < -0.39 is 17.8 Å². The van der Waals surface area contributed by atoms with Crippen LogP contribution in [0, 0.1) is 0 Å². The second-order valence-corrected chi connectivity index (χ2v) is 6.96. The number of rotatable bonds is 5. The topological polar surface area (TPSA) is 96.2 Å². The SMILES string of the molecule is CCCc1cc(O)cc(O)c1Oc1c(Cl)c(O)c(Cl)c2c1C(=O)O[C@@H]2CC. The quantitative estimate of drug-likeness (QED) is 0.562. The molecule has 1 atom stereocenters. The summed E-state index contributed by atoms with van der Waals surface area (Å²) in [7, 11) is 0. The first-order valence-electron chi connectivity index (χ1n) is 8.47. The summed E-state index contributed by atoms with van der Waals surface area (Å²) in [6.45, 7) is 3.73. The zero-order valence-electron chi connectivity index (χ0n) is 14.7. The summed E-state index contributed by atoms with van der Waals surface area (Å²) in [5.41, 5.74) is 0.841. The highest BCUT2D eigenvalue weighted by Crippen LogP contribution is 2.53. The lowest BCUT2D eigenvalue weighted by atomic mass is 10.0. The van der Waals surface area contributed by atoms with Gasteiger partial charge in [0.2, 0.25) is 0 Å². The van der Waals surface area contributed by atoms with Crippen molar-refractivity contribution in [3.63, 3.8) is 0 Å². The van der Waals surface area contributed by atoms with Crippen LogP contribution in [0.2, 0.25) is 10.0 Å². The van der Waals surface area contributed by atoms with Crippen LogP contribution in [-0.2, 0) is 11.2 Å². The molecule has 0 unspecified atom stereocenters. The summed E-state index contributed by atoms with van der Waals surface area (Å²) >= 11 is 12.4. The van der Waals surface area contributed by atoms with Crippen LogP contribution >= 0.6 is 23.2 Å². The molecule has 0 saturated carbocycles. The van der Waals surface area contributed by atoms with Crippen molar-refractivity contribution in [2.45, 2.75) is 39.2 Å². The molecular formula is C19H18Cl2O6. The van der Waals surface area contributed by atoms with E-state index in [0.717, 1.165) is 12.5 Å². The van der Waals surface area contributed by atoms with Gasteiger partial charge in [0.25, 0.3) is 0 Å². The van der Waals surface area contributed by atoms with Crippen LogP contribution in [0.4, 0.5) is 0 Å². The van der Waals surface area contributed by atoms with Gasteiger partial charge in [0.05, 0.1) is 5.02 Å². The molecular weight excluding hydrogens is 395 g/mol. The van der Waals surface area contributed by atoms with Gasteiger partial charge in [-0.05, 0) is 18.9 Å². The summed E-state index contributed by atoms with van der Waals surface area (Å²) in [5.74, 6) is -1.66. The van der Waals surface area contributed by atoms with E-state index in [1.165, 1.54) is 6.07 Å². The molecule has 144 valence electrons. The Morgan fingerprint density at radius 1 is 1.11 bits per heavy atom. The maximum absolute atomic E-state index is 12.4. The average molecular weight is 413 g/mol. The molecule has 0 fully saturated rings. The second kappa shape index (κ2) is 7.37. The lowest BCUT2D eigenvalue weighted by Crippen LogP contribution is -2.01. The van der Waals surface area contributed by atoms with Gasteiger partial charge >= 0.3 is 5.97 Å². The summed E-state index contributed by atoms with van der Waals surface area (Å²) in [6, 6.07) is 2.57. The van der Waals surface area contributed by atoms with E-state index in [1.807, 2.05) is 6.92 Å². The van der Waals surface area contributed by atoms with Crippen molar-refractivity contribution >= 4 is 29.2 Å². The fourth-order valence-electron chi connectivity index (χ4n) is 3.14. The van der Waals surface area contributed by atoms with Gasteiger partial charge in [-0.1, -0.05) is 43.5 Å². The van der Waals surface area contributed by atoms with Gasteiger partial charge in [-0.15, -0.1) is 0 Å². The van der Waals surface area contributed by atoms with E-state index in [9.17, 15) is 20.1 Å². The van der Waals surface area contributed by atoms with E-state index in [1.54, 1.807) is 6.92 Å². The normalized spacial score (nSPS) is 15.6. The summed E-state index contributed by atoms with van der Waals surface area (Å²) in [5, 5.41) is 30.0. The lowest BCUT2D eigenvalue weighted by molar-refractivity contribution is 0.0377. The van der Waals surface area contributed by atoms with Crippen LogP contribution < -0.4 is 4.74 Å². The molecule has 27 heavy (non-hydrogen) atoms. The van der Waals surface area contributed by atoms with Gasteiger partial charge in [0.1, 0.15) is 22.4 Å². The maximum Gasteiger partial charge on any atom is 0.343 e. The molecule has 1 aliphatic heterocycles. The Balaban J connectivity index is 2.22. The number of hydrogen-bond acceptors (Lipinski definition) is 6. The number of ether oxygens (including phenoxy) is 2. The Bertz CT molecular complexity index is 925. The van der Waals surface area contributed by atoms with E-state index in [4.69, 9.17) is 32.7 Å². The number of carbonyl (C=O) groups excluding carboxylic acids is 1. The number of benzene rings is 2. The summed E-state index contributed by atoms with van der Waals surface area (Å²) < 4.78 is 11.1. The van der Waals surface area contributed by atoms with Crippen molar-refractivity contribution in [3.8, 4) is 28.7 Å². The van der Waals surface area contributed by atoms with E-state index in [-0.39, 0.29) is 38.6 Å². The highest BCUT2D eigenvalue weighted by molar-refractivity contribution is 6.39. The van der Waals surface area contributed by atoms with Crippen LogP contribution in [-0.4, -0.2) is 21.3 Å². The van der Waals surface area contributed by atoms with Crippen LogP contribution in [0.5, 0.6) is 28.7 Å². The first kappa shape index (κ1) is 19.5. The molecule has 3 rings (SSSR count). The van der Waals surface area contributed by atoms with E-state index >= 15 is 0 Å². The van der Waals surface area contributed by atoms with Crippen molar-refractivity contribution in [1.82, 2.24) is 0 Å². The van der Waals surface area contributed by atoms with Crippen LogP contribution in [0.1, 0.15) is 54.3 Å². The zero-order valence-corrected chi connectivity index (χ0v) is 16.2. The Morgan fingerprint density at radius 3 is 2.44 bits per heavy atom. The first-order valence-corrected chi connectivity index (χ1v) is 9.23. The third kappa shape index (κ3) is 3.24. The first-order chi connectivity index (χ1) is 12.8. The molecule has 2 aromatic carbocycles. The molecule has 8 heteroatoms. The zero-order chi connectivity index (χ0) is 19.9. The van der Waals surface area contributed by atoms with Crippen molar-refractivity contribution in [1.29, 1.82) is 0 Å². The fraction of sp³-hybridized carbons (Fsp3) is 0.316. The largest absolute Gasteiger partial charge is 0.508 e. The van der Waals surface area contributed by atoms with Crippen LogP contribution in [0.15, 0.2) is 12.1 Å². The second-order valence-electron chi connectivity index (χ2n) is 6.20. The maximum atomic E-state index is 12.4. The highest BCUT2D eigenvalue weighted by atomic mass is 35.5. The van der Waals surface area contributed by atoms with Gasteiger partial charge in [0, 0.05) is 17.2 Å². The van der Waals surface area contributed by atoms with Gasteiger partial charge < -0.3 is 24.8 Å². The van der Waals surface area contributed by atoms with E-state index in [2.05, 4.69) is 0 Å². The standard InChI is InChI=1S/C19H18Cl2O6/c1-3-5-8-6-9(22)7-10(23)17(8)27-18-13-12(11(4-2)26-19(13)25)14(20)16(24)15(18)21/h6-7,11,22-24H,3-5H2,1-2H3/t11-/m1/s1. The number of carbonyl (C=O) groups is 1. The molecule has 0 amide bonds. The van der Waals surface area contributed by atoms with Gasteiger partial charge in [0.15, 0.2) is 23.0 Å². The van der Waals surface area contributed by atoms with Crippen molar-refractivity contribution in [2.24, 2.45) is 0 Å². The predicted octanol–water partition coefficient (Wildman–Crippen LogP) is 5.48. The van der Waals surface area contributed by atoms with Crippen molar-refractivity contribution < 1.29 is 29.6 Å². The molecule has 1 heterocycles. The highest BCUT2D eigenvalue weighted by Gasteiger charge is 2.39. The van der Waals surface area contributed by atoms with Crippen molar-refractivity contribution in [2.75, 3.05) is 0 Å². The Kier molecular flexibility index (Phi) is 5.31. The number of aryl methyl sites for hydroxylation is 1. The molecule has 3 N–H and O–H groups in total. The smallest absolute Gasteiger partial charge is 0.343 e. The number of hydrogen-bond donors (Lipinski definition) is 3. The number of aromatic hydroxyl groups is 3. The number of esters is 1. The Hall–Kier alpha value is -2.31.